The number of hydrogen-bond acceptors (Lipinski definition) is 6. The standard InChI is InChI=1S/C18H14FN5OS2/c1-2-26-18-22-17(27-23-18)21-16(25)12(11-20)10-13-6-5-9-24(13)15-8-4-3-7-14(15)19/h3-10H,2H2,1H3,(H,21,22,23,25)/b12-10-. The molecule has 3 rings (SSSR count). The minimum Gasteiger partial charge on any atom is -0.314 e. The molecule has 0 aliphatic carbocycles. The molecule has 2 aromatic heterocycles. The fourth-order valence-electron chi connectivity index (χ4n) is 2.29. The second-order valence-corrected chi connectivity index (χ2v) is 7.18. The molecule has 0 radical (unpaired) electrons. The van der Waals surface area contributed by atoms with Crippen molar-refractivity contribution in [2.75, 3.05) is 11.1 Å². The lowest BCUT2D eigenvalue weighted by atomic mass is 10.2. The number of para-hydroxylation sites is 1. The van der Waals surface area contributed by atoms with E-state index in [1.165, 1.54) is 23.9 Å². The summed E-state index contributed by atoms with van der Waals surface area (Å²) in [5.41, 5.74) is 0.717. The summed E-state index contributed by atoms with van der Waals surface area (Å²) in [6, 6.07) is 11.6. The third-order valence-corrected chi connectivity index (χ3v) is 4.93. The Kier molecular flexibility index (Phi) is 6.01. The Balaban J connectivity index is 1.85. The van der Waals surface area contributed by atoms with Crippen molar-refractivity contribution in [3.8, 4) is 11.8 Å². The molecule has 0 unspecified atom stereocenters. The molecule has 3 aromatic rings. The maximum Gasteiger partial charge on any atom is 0.268 e. The number of halogens is 1. The topological polar surface area (TPSA) is 83.6 Å². The first kappa shape index (κ1) is 18.8. The Morgan fingerprint density at radius 2 is 2.22 bits per heavy atom. The summed E-state index contributed by atoms with van der Waals surface area (Å²) in [5.74, 6) is -0.176. The molecule has 9 heteroatoms. The van der Waals surface area contributed by atoms with Crippen LogP contribution in [-0.4, -0.2) is 25.6 Å². The van der Waals surface area contributed by atoms with Gasteiger partial charge in [0.15, 0.2) is 0 Å². The average molecular weight is 399 g/mol. The van der Waals surface area contributed by atoms with E-state index >= 15 is 0 Å². The zero-order chi connectivity index (χ0) is 19.2. The highest BCUT2D eigenvalue weighted by molar-refractivity contribution is 7.99. The van der Waals surface area contributed by atoms with Crippen molar-refractivity contribution >= 4 is 40.4 Å². The summed E-state index contributed by atoms with van der Waals surface area (Å²) in [4.78, 5) is 16.6. The second kappa shape index (κ2) is 8.62. The van der Waals surface area contributed by atoms with E-state index in [4.69, 9.17) is 0 Å². The first-order valence-electron chi connectivity index (χ1n) is 7.94. The van der Waals surface area contributed by atoms with Crippen LogP contribution in [0.2, 0.25) is 0 Å². The number of carbonyl (C=O) groups is 1. The maximum atomic E-state index is 14.1. The zero-order valence-electron chi connectivity index (χ0n) is 14.2. The molecule has 1 aromatic carbocycles. The highest BCUT2D eigenvalue weighted by atomic mass is 32.2. The van der Waals surface area contributed by atoms with Crippen LogP contribution in [0, 0.1) is 17.1 Å². The number of nitrogens with zero attached hydrogens (tertiary/aromatic N) is 4. The molecule has 27 heavy (non-hydrogen) atoms. The van der Waals surface area contributed by atoms with Crippen LogP contribution in [0.3, 0.4) is 0 Å². The van der Waals surface area contributed by atoms with Gasteiger partial charge in [0.1, 0.15) is 17.5 Å². The first-order chi connectivity index (χ1) is 13.1. The van der Waals surface area contributed by atoms with Gasteiger partial charge in [-0.3, -0.25) is 10.1 Å². The van der Waals surface area contributed by atoms with Crippen LogP contribution >= 0.6 is 23.3 Å². The normalized spacial score (nSPS) is 11.2. The fourth-order valence-corrected chi connectivity index (χ4v) is 3.55. The van der Waals surface area contributed by atoms with E-state index < -0.39 is 11.7 Å². The first-order valence-corrected chi connectivity index (χ1v) is 9.70. The predicted octanol–water partition coefficient (Wildman–Crippen LogP) is 4.13. The molecule has 0 saturated carbocycles. The van der Waals surface area contributed by atoms with Gasteiger partial charge in [-0.25, -0.2) is 4.39 Å². The molecule has 136 valence electrons. The number of benzene rings is 1. The number of rotatable bonds is 6. The predicted molar refractivity (Wildman–Crippen MR) is 104 cm³/mol. The Bertz CT molecular complexity index is 1030. The molecule has 0 bridgehead atoms. The van der Waals surface area contributed by atoms with Crippen LogP contribution < -0.4 is 5.32 Å². The maximum absolute atomic E-state index is 14.1. The van der Waals surface area contributed by atoms with Gasteiger partial charge >= 0.3 is 0 Å². The van der Waals surface area contributed by atoms with E-state index in [-0.39, 0.29) is 5.57 Å². The van der Waals surface area contributed by atoms with Crippen LogP contribution in [0.5, 0.6) is 0 Å². The number of hydrogen-bond donors (Lipinski definition) is 1. The summed E-state index contributed by atoms with van der Waals surface area (Å²) in [7, 11) is 0. The number of thioether (sulfide) groups is 1. The molecule has 0 aliphatic rings. The highest BCUT2D eigenvalue weighted by Crippen LogP contribution is 2.21. The Morgan fingerprint density at radius 1 is 1.41 bits per heavy atom. The van der Waals surface area contributed by atoms with Crippen LogP contribution in [0.15, 0.2) is 53.3 Å². The summed E-state index contributed by atoms with van der Waals surface area (Å²) in [5, 5.41) is 12.9. The number of carbonyl (C=O) groups excluding carboxylic acids is 1. The Morgan fingerprint density at radius 3 is 2.96 bits per heavy atom. The van der Waals surface area contributed by atoms with Crippen molar-refractivity contribution in [3.63, 3.8) is 0 Å². The summed E-state index contributed by atoms with van der Waals surface area (Å²) < 4.78 is 19.7. The Hall–Kier alpha value is -2.96. The van der Waals surface area contributed by atoms with Crippen molar-refractivity contribution in [3.05, 3.63) is 59.7 Å². The van der Waals surface area contributed by atoms with E-state index in [1.54, 1.807) is 41.1 Å². The molecule has 0 saturated heterocycles. The van der Waals surface area contributed by atoms with Gasteiger partial charge in [-0.1, -0.05) is 30.8 Å². The molecule has 6 nitrogen and oxygen atoms in total. The van der Waals surface area contributed by atoms with Crippen molar-refractivity contribution in [1.82, 2.24) is 13.9 Å². The second-order valence-electron chi connectivity index (χ2n) is 5.19. The molecule has 0 spiro atoms. The third-order valence-electron chi connectivity index (χ3n) is 3.45. The minimum atomic E-state index is -0.594. The van der Waals surface area contributed by atoms with Gasteiger partial charge in [0.05, 0.1) is 5.69 Å². The van der Waals surface area contributed by atoms with Gasteiger partial charge < -0.3 is 4.57 Å². The van der Waals surface area contributed by atoms with E-state index in [0.717, 1.165) is 17.3 Å². The molecule has 0 fully saturated rings. The monoisotopic (exact) mass is 399 g/mol. The fraction of sp³-hybridized carbons (Fsp3) is 0.111. The van der Waals surface area contributed by atoms with Crippen LogP contribution in [0.1, 0.15) is 12.6 Å². The van der Waals surface area contributed by atoms with Gasteiger partial charge in [0.25, 0.3) is 5.91 Å². The van der Waals surface area contributed by atoms with Gasteiger partial charge in [0.2, 0.25) is 10.3 Å². The lowest BCUT2D eigenvalue weighted by molar-refractivity contribution is -0.112. The van der Waals surface area contributed by atoms with E-state index in [2.05, 4.69) is 14.7 Å². The summed E-state index contributed by atoms with van der Waals surface area (Å²) >= 11 is 2.51. The SMILES string of the molecule is CCSc1nsc(NC(=O)/C(C#N)=C\c2cccn2-c2ccccc2F)n1. The van der Waals surface area contributed by atoms with Gasteiger partial charge in [-0.05, 0) is 36.1 Å². The lowest BCUT2D eigenvalue weighted by Crippen LogP contribution is -2.13. The van der Waals surface area contributed by atoms with Gasteiger partial charge in [-0.15, -0.1) is 0 Å². The van der Waals surface area contributed by atoms with Crippen LogP contribution in [0.4, 0.5) is 9.52 Å². The number of amides is 1. The lowest BCUT2D eigenvalue weighted by Gasteiger charge is -2.08. The molecule has 2 heterocycles. The molecule has 0 atom stereocenters. The van der Waals surface area contributed by atoms with E-state index in [9.17, 15) is 14.4 Å². The van der Waals surface area contributed by atoms with Gasteiger partial charge in [-0.2, -0.15) is 14.6 Å². The van der Waals surface area contributed by atoms with Crippen molar-refractivity contribution in [1.29, 1.82) is 5.26 Å². The van der Waals surface area contributed by atoms with Crippen molar-refractivity contribution in [2.45, 2.75) is 12.1 Å². The molecular weight excluding hydrogens is 385 g/mol. The number of aromatic nitrogens is 3. The average Bonchev–Trinajstić information content (AvgIpc) is 3.29. The third kappa shape index (κ3) is 4.42. The van der Waals surface area contributed by atoms with Crippen LogP contribution in [0.25, 0.3) is 11.8 Å². The molecular formula is C18H14FN5OS2. The highest BCUT2D eigenvalue weighted by Gasteiger charge is 2.14. The van der Waals surface area contributed by atoms with Crippen molar-refractivity contribution in [2.24, 2.45) is 0 Å². The quantitative estimate of drug-likeness (QED) is 0.383. The van der Waals surface area contributed by atoms with E-state index in [0.29, 0.717) is 21.7 Å². The van der Waals surface area contributed by atoms with E-state index in [1.807, 2.05) is 13.0 Å². The Labute approximate surface area is 163 Å². The zero-order valence-corrected chi connectivity index (χ0v) is 15.9. The summed E-state index contributed by atoms with van der Waals surface area (Å²) in [6.07, 6.45) is 3.07. The number of nitrogens with one attached hydrogen (secondary N) is 1. The minimum absolute atomic E-state index is 0.119. The molecule has 1 amide bonds. The van der Waals surface area contributed by atoms with Crippen LogP contribution in [-0.2, 0) is 4.79 Å². The van der Waals surface area contributed by atoms with Crippen molar-refractivity contribution < 1.29 is 9.18 Å². The number of nitriles is 1. The largest absolute Gasteiger partial charge is 0.314 e. The number of anilines is 1. The molecule has 0 aliphatic heterocycles. The smallest absolute Gasteiger partial charge is 0.268 e. The molecule has 1 N–H and O–H groups in total. The van der Waals surface area contributed by atoms with Gasteiger partial charge in [0, 0.05) is 23.4 Å². The summed E-state index contributed by atoms with van der Waals surface area (Å²) in [6.45, 7) is 1.98.